The maximum Gasteiger partial charge on any atom is 0.0706 e. The van der Waals surface area contributed by atoms with Gasteiger partial charge in [0.25, 0.3) is 0 Å². The molecule has 0 aliphatic heterocycles. The Morgan fingerprint density at radius 1 is 1.12 bits per heavy atom. The van der Waals surface area contributed by atoms with Crippen LogP contribution in [0, 0.1) is 5.41 Å². The first kappa shape index (κ1) is 11.3. The van der Waals surface area contributed by atoms with E-state index < -0.39 is 5.60 Å². The van der Waals surface area contributed by atoms with Crippen LogP contribution in [-0.4, -0.2) is 10.7 Å². The van der Waals surface area contributed by atoms with E-state index in [0.717, 1.165) is 12.8 Å². The molecule has 3 unspecified atom stereocenters. The molecule has 1 aromatic carbocycles. The van der Waals surface area contributed by atoms with E-state index in [1.54, 1.807) is 0 Å². The van der Waals surface area contributed by atoms with Gasteiger partial charge in [-0.25, -0.2) is 0 Å². The SMILES string of the molecule is CC12CCCC1(O)CC(c1ccccc1)CC2. The number of benzene rings is 1. The van der Waals surface area contributed by atoms with Gasteiger partial charge in [0.15, 0.2) is 0 Å². The van der Waals surface area contributed by atoms with Crippen molar-refractivity contribution in [2.45, 2.75) is 57.0 Å². The zero-order valence-electron chi connectivity index (χ0n) is 10.7. The summed E-state index contributed by atoms with van der Waals surface area (Å²) in [4.78, 5) is 0. The maximum atomic E-state index is 10.9. The van der Waals surface area contributed by atoms with Gasteiger partial charge in [0, 0.05) is 0 Å². The van der Waals surface area contributed by atoms with Crippen LogP contribution in [0.2, 0.25) is 0 Å². The Bertz CT molecular complexity index is 399. The third-order valence-corrected chi connectivity index (χ3v) is 5.34. The van der Waals surface area contributed by atoms with Gasteiger partial charge < -0.3 is 5.11 Å². The van der Waals surface area contributed by atoms with Crippen LogP contribution in [0.15, 0.2) is 30.3 Å². The summed E-state index contributed by atoms with van der Waals surface area (Å²) in [6.45, 7) is 2.29. The van der Waals surface area contributed by atoms with Crippen molar-refractivity contribution in [3.63, 3.8) is 0 Å². The Labute approximate surface area is 104 Å². The summed E-state index contributed by atoms with van der Waals surface area (Å²) in [5.41, 5.74) is 1.21. The molecule has 0 spiro atoms. The minimum atomic E-state index is -0.397. The zero-order chi connectivity index (χ0) is 11.9. The van der Waals surface area contributed by atoms with Crippen molar-refractivity contribution < 1.29 is 5.11 Å². The second-order valence-electron chi connectivity index (χ2n) is 6.30. The Morgan fingerprint density at radius 3 is 2.65 bits per heavy atom. The van der Waals surface area contributed by atoms with E-state index in [4.69, 9.17) is 0 Å². The van der Waals surface area contributed by atoms with Crippen LogP contribution in [0.4, 0.5) is 0 Å². The van der Waals surface area contributed by atoms with E-state index in [0.29, 0.717) is 5.92 Å². The fourth-order valence-electron chi connectivity index (χ4n) is 4.02. The van der Waals surface area contributed by atoms with E-state index in [1.807, 2.05) is 0 Å². The van der Waals surface area contributed by atoms with Gasteiger partial charge in [0.1, 0.15) is 0 Å². The Balaban J connectivity index is 1.85. The van der Waals surface area contributed by atoms with Crippen LogP contribution in [0.25, 0.3) is 0 Å². The lowest BCUT2D eigenvalue weighted by molar-refractivity contribution is -0.0883. The lowest BCUT2D eigenvalue weighted by atomic mass is 9.62. The molecule has 92 valence electrons. The van der Waals surface area contributed by atoms with Gasteiger partial charge in [0.05, 0.1) is 5.60 Å². The molecule has 2 aliphatic carbocycles. The molecule has 2 saturated carbocycles. The zero-order valence-corrected chi connectivity index (χ0v) is 10.7. The summed E-state index contributed by atoms with van der Waals surface area (Å²) in [5, 5.41) is 10.9. The number of hydrogen-bond donors (Lipinski definition) is 1. The van der Waals surface area contributed by atoms with Crippen LogP contribution in [0.3, 0.4) is 0 Å². The highest BCUT2D eigenvalue weighted by atomic mass is 16.3. The average molecular weight is 230 g/mol. The monoisotopic (exact) mass is 230 g/mol. The smallest absolute Gasteiger partial charge is 0.0706 e. The molecular formula is C16H22O. The molecule has 0 heterocycles. The second-order valence-corrected chi connectivity index (χ2v) is 6.30. The quantitative estimate of drug-likeness (QED) is 0.776. The van der Waals surface area contributed by atoms with Crippen molar-refractivity contribution >= 4 is 0 Å². The maximum absolute atomic E-state index is 10.9. The summed E-state index contributed by atoms with van der Waals surface area (Å²) in [6.07, 6.45) is 6.81. The van der Waals surface area contributed by atoms with E-state index in [9.17, 15) is 5.11 Å². The van der Waals surface area contributed by atoms with E-state index in [2.05, 4.69) is 37.3 Å². The van der Waals surface area contributed by atoms with Crippen molar-refractivity contribution in [2.75, 3.05) is 0 Å². The van der Waals surface area contributed by atoms with Gasteiger partial charge >= 0.3 is 0 Å². The Hall–Kier alpha value is -0.820. The van der Waals surface area contributed by atoms with Crippen molar-refractivity contribution in [3.8, 4) is 0 Å². The molecule has 2 aliphatic rings. The molecule has 0 saturated heterocycles. The topological polar surface area (TPSA) is 20.2 Å². The molecular weight excluding hydrogens is 208 g/mol. The highest BCUT2D eigenvalue weighted by Gasteiger charge is 2.53. The number of hydrogen-bond acceptors (Lipinski definition) is 1. The van der Waals surface area contributed by atoms with Crippen LogP contribution < -0.4 is 0 Å². The molecule has 0 radical (unpaired) electrons. The van der Waals surface area contributed by atoms with Crippen LogP contribution in [0.1, 0.15) is 56.9 Å². The molecule has 1 heteroatoms. The molecule has 3 rings (SSSR count). The number of rotatable bonds is 1. The summed E-state index contributed by atoms with van der Waals surface area (Å²) < 4.78 is 0. The summed E-state index contributed by atoms with van der Waals surface area (Å²) in [7, 11) is 0. The van der Waals surface area contributed by atoms with Crippen molar-refractivity contribution in [1.29, 1.82) is 0 Å². The summed E-state index contributed by atoms with van der Waals surface area (Å²) >= 11 is 0. The Kier molecular flexibility index (Phi) is 2.55. The molecule has 17 heavy (non-hydrogen) atoms. The fourth-order valence-corrected chi connectivity index (χ4v) is 4.02. The van der Waals surface area contributed by atoms with Crippen molar-refractivity contribution in [2.24, 2.45) is 5.41 Å². The molecule has 0 amide bonds. The third-order valence-electron chi connectivity index (χ3n) is 5.34. The van der Waals surface area contributed by atoms with Gasteiger partial charge in [-0.2, -0.15) is 0 Å². The highest BCUT2D eigenvalue weighted by molar-refractivity contribution is 5.22. The van der Waals surface area contributed by atoms with Gasteiger partial charge in [-0.15, -0.1) is 0 Å². The second kappa shape index (κ2) is 3.84. The minimum absolute atomic E-state index is 0.193. The van der Waals surface area contributed by atoms with E-state index in [-0.39, 0.29) is 5.41 Å². The third kappa shape index (κ3) is 1.72. The van der Waals surface area contributed by atoms with E-state index >= 15 is 0 Å². The number of aliphatic hydroxyl groups is 1. The standard InChI is InChI=1S/C16H22O/c1-15-9-5-10-16(15,17)12-14(8-11-15)13-6-3-2-4-7-13/h2-4,6-7,14,17H,5,8-12H2,1H3. The fraction of sp³-hybridized carbons (Fsp3) is 0.625. The van der Waals surface area contributed by atoms with Crippen LogP contribution >= 0.6 is 0 Å². The van der Waals surface area contributed by atoms with Gasteiger partial charge in [0.2, 0.25) is 0 Å². The normalized spacial score (nSPS) is 41.2. The largest absolute Gasteiger partial charge is 0.389 e. The lowest BCUT2D eigenvalue weighted by Gasteiger charge is -2.47. The highest BCUT2D eigenvalue weighted by Crippen LogP contribution is 2.57. The van der Waals surface area contributed by atoms with Crippen LogP contribution in [0.5, 0.6) is 0 Å². The lowest BCUT2D eigenvalue weighted by Crippen LogP contribution is -2.46. The average Bonchev–Trinajstić information content (AvgIpc) is 2.65. The molecule has 0 bridgehead atoms. The first-order chi connectivity index (χ1) is 8.13. The molecule has 1 nitrogen and oxygen atoms in total. The first-order valence-electron chi connectivity index (χ1n) is 6.90. The molecule has 0 aromatic heterocycles. The predicted octanol–water partition coefficient (Wildman–Crippen LogP) is 3.88. The molecule has 1 N–H and O–H groups in total. The predicted molar refractivity (Wildman–Crippen MR) is 69.9 cm³/mol. The van der Waals surface area contributed by atoms with Gasteiger partial charge in [-0.3, -0.25) is 0 Å². The van der Waals surface area contributed by atoms with E-state index in [1.165, 1.54) is 31.2 Å². The minimum Gasteiger partial charge on any atom is -0.389 e. The van der Waals surface area contributed by atoms with Crippen molar-refractivity contribution in [1.82, 2.24) is 0 Å². The van der Waals surface area contributed by atoms with Gasteiger partial charge in [-0.1, -0.05) is 37.3 Å². The number of fused-ring (bicyclic) bond motifs is 1. The summed E-state index contributed by atoms with van der Waals surface area (Å²) in [5.74, 6) is 0.562. The summed E-state index contributed by atoms with van der Waals surface area (Å²) in [6, 6.07) is 10.7. The molecule has 1 aromatic rings. The molecule has 2 fully saturated rings. The van der Waals surface area contributed by atoms with Crippen LogP contribution in [-0.2, 0) is 0 Å². The van der Waals surface area contributed by atoms with Crippen molar-refractivity contribution in [3.05, 3.63) is 35.9 Å². The first-order valence-corrected chi connectivity index (χ1v) is 6.90. The van der Waals surface area contributed by atoms with Gasteiger partial charge in [-0.05, 0) is 55.4 Å². The molecule has 3 atom stereocenters. The Morgan fingerprint density at radius 2 is 1.88 bits per heavy atom.